The summed E-state index contributed by atoms with van der Waals surface area (Å²) in [6, 6.07) is 8.37. The molecule has 0 saturated carbocycles. The minimum atomic E-state index is 0.845. The van der Waals surface area contributed by atoms with Crippen LogP contribution in [0.3, 0.4) is 0 Å². The number of carbonyl (C=O) groups excluding carboxylic acids is 1. The summed E-state index contributed by atoms with van der Waals surface area (Å²) in [5.74, 6) is 0. The number of halogens is 1. The maximum absolute atomic E-state index is 10.6. The van der Waals surface area contributed by atoms with Gasteiger partial charge in [-0.15, -0.1) is 0 Å². The molecule has 1 aromatic rings. The van der Waals surface area contributed by atoms with E-state index in [9.17, 15) is 4.79 Å². The van der Waals surface area contributed by atoms with Crippen LogP contribution in [0.2, 0.25) is 0 Å². The highest BCUT2D eigenvalue weighted by molar-refractivity contribution is 9.10. The Balaban J connectivity index is 1.89. The second-order valence-electron chi connectivity index (χ2n) is 4.05. The van der Waals surface area contributed by atoms with Gasteiger partial charge >= 0.3 is 0 Å². The van der Waals surface area contributed by atoms with Crippen molar-refractivity contribution >= 4 is 22.3 Å². The van der Waals surface area contributed by atoms with Gasteiger partial charge in [0, 0.05) is 37.2 Å². The van der Waals surface area contributed by atoms with E-state index < -0.39 is 0 Å². The number of hydrogen-bond acceptors (Lipinski definition) is 2. The van der Waals surface area contributed by atoms with Crippen molar-refractivity contribution in [3.63, 3.8) is 0 Å². The number of piperazine rings is 1. The third kappa shape index (κ3) is 3.06. The van der Waals surface area contributed by atoms with Crippen molar-refractivity contribution in [3.05, 3.63) is 34.3 Å². The molecule has 1 fully saturated rings. The van der Waals surface area contributed by atoms with Crippen molar-refractivity contribution in [1.82, 2.24) is 9.80 Å². The predicted octanol–water partition coefficient (Wildman–Crippen LogP) is 1.72. The van der Waals surface area contributed by atoms with Gasteiger partial charge in [-0.05, 0) is 17.7 Å². The zero-order valence-electron chi connectivity index (χ0n) is 9.10. The van der Waals surface area contributed by atoms with Gasteiger partial charge in [-0.3, -0.25) is 9.69 Å². The third-order valence-electron chi connectivity index (χ3n) is 2.85. The molecule has 0 unspecified atom stereocenters. The second-order valence-corrected chi connectivity index (χ2v) is 4.96. The van der Waals surface area contributed by atoms with Crippen LogP contribution in [0.4, 0.5) is 0 Å². The average Bonchev–Trinajstić information content (AvgIpc) is 2.30. The molecule has 0 aromatic heterocycles. The lowest BCUT2D eigenvalue weighted by atomic mass is 10.2. The first-order valence-electron chi connectivity index (χ1n) is 5.44. The van der Waals surface area contributed by atoms with Crippen LogP contribution in [0.1, 0.15) is 5.56 Å². The molecule has 0 aliphatic carbocycles. The summed E-state index contributed by atoms with van der Waals surface area (Å²) in [6.07, 6.45) is 0.941. The highest BCUT2D eigenvalue weighted by Gasteiger charge is 2.15. The Bertz CT molecular complexity index is 362. The van der Waals surface area contributed by atoms with E-state index in [-0.39, 0.29) is 0 Å². The number of rotatable bonds is 3. The van der Waals surface area contributed by atoms with Gasteiger partial charge in [0.2, 0.25) is 6.41 Å². The lowest BCUT2D eigenvalue weighted by molar-refractivity contribution is -0.119. The highest BCUT2D eigenvalue weighted by Crippen LogP contribution is 2.14. The van der Waals surface area contributed by atoms with Crippen LogP contribution in [0.15, 0.2) is 28.7 Å². The first-order chi connectivity index (χ1) is 7.78. The number of nitrogens with zero attached hydrogens (tertiary/aromatic N) is 2. The molecule has 0 bridgehead atoms. The minimum absolute atomic E-state index is 0.845. The summed E-state index contributed by atoms with van der Waals surface area (Å²) in [7, 11) is 0. The molecule has 0 radical (unpaired) electrons. The van der Waals surface area contributed by atoms with Gasteiger partial charge in [0.25, 0.3) is 0 Å². The quantitative estimate of drug-likeness (QED) is 0.789. The largest absolute Gasteiger partial charge is 0.343 e. The van der Waals surface area contributed by atoms with Crippen molar-refractivity contribution in [2.24, 2.45) is 0 Å². The molecule has 1 amide bonds. The monoisotopic (exact) mass is 282 g/mol. The van der Waals surface area contributed by atoms with Crippen molar-refractivity contribution < 1.29 is 4.79 Å². The lowest BCUT2D eigenvalue weighted by Crippen LogP contribution is -2.45. The first-order valence-corrected chi connectivity index (χ1v) is 6.23. The maximum Gasteiger partial charge on any atom is 0.209 e. The first kappa shape index (κ1) is 11.6. The van der Waals surface area contributed by atoms with E-state index >= 15 is 0 Å². The fourth-order valence-corrected chi connectivity index (χ4v) is 2.37. The van der Waals surface area contributed by atoms with Crippen molar-refractivity contribution in [2.45, 2.75) is 6.54 Å². The van der Waals surface area contributed by atoms with Crippen LogP contribution in [0.25, 0.3) is 0 Å². The summed E-state index contributed by atoms with van der Waals surface area (Å²) >= 11 is 3.47. The zero-order chi connectivity index (χ0) is 11.4. The fourth-order valence-electron chi connectivity index (χ4n) is 1.92. The number of amides is 1. The van der Waals surface area contributed by atoms with Crippen LogP contribution in [0.5, 0.6) is 0 Å². The molecule has 0 atom stereocenters. The van der Waals surface area contributed by atoms with E-state index in [4.69, 9.17) is 0 Å². The van der Waals surface area contributed by atoms with Gasteiger partial charge < -0.3 is 4.90 Å². The molecule has 1 aromatic carbocycles. The van der Waals surface area contributed by atoms with E-state index in [1.165, 1.54) is 5.56 Å². The van der Waals surface area contributed by atoms with Crippen molar-refractivity contribution in [2.75, 3.05) is 26.2 Å². The van der Waals surface area contributed by atoms with Crippen LogP contribution < -0.4 is 0 Å². The van der Waals surface area contributed by atoms with Crippen molar-refractivity contribution in [3.8, 4) is 0 Å². The Labute approximate surface area is 104 Å². The number of carbonyl (C=O) groups is 1. The molecule has 0 spiro atoms. The van der Waals surface area contributed by atoms with Gasteiger partial charge in [0.15, 0.2) is 0 Å². The topological polar surface area (TPSA) is 23.6 Å². The van der Waals surface area contributed by atoms with Crippen LogP contribution in [-0.2, 0) is 11.3 Å². The minimum Gasteiger partial charge on any atom is -0.343 e. The molecule has 1 aliphatic heterocycles. The number of benzene rings is 1. The Morgan fingerprint density at radius 1 is 1.25 bits per heavy atom. The summed E-state index contributed by atoms with van der Waals surface area (Å²) in [5, 5.41) is 0. The molecular weight excluding hydrogens is 268 g/mol. The van der Waals surface area contributed by atoms with Gasteiger partial charge in [-0.1, -0.05) is 28.1 Å². The van der Waals surface area contributed by atoms with Crippen LogP contribution in [0, 0.1) is 0 Å². The Morgan fingerprint density at radius 2 is 2.00 bits per heavy atom. The van der Waals surface area contributed by atoms with E-state index in [2.05, 4.69) is 39.0 Å². The fraction of sp³-hybridized carbons (Fsp3) is 0.417. The van der Waals surface area contributed by atoms with Gasteiger partial charge in [-0.2, -0.15) is 0 Å². The van der Waals surface area contributed by atoms with E-state index in [1.807, 2.05) is 11.0 Å². The smallest absolute Gasteiger partial charge is 0.209 e. The molecule has 0 N–H and O–H groups in total. The molecular formula is C12H15BrN2O. The molecule has 16 heavy (non-hydrogen) atoms. The van der Waals surface area contributed by atoms with Crippen molar-refractivity contribution in [1.29, 1.82) is 0 Å². The van der Waals surface area contributed by atoms with Gasteiger partial charge in [0.1, 0.15) is 0 Å². The van der Waals surface area contributed by atoms with E-state index in [0.29, 0.717) is 0 Å². The summed E-state index contributed by atoms with van der Waals surface area (Å²) in [6.45, 7) is 4.58. The SMILES string of the molecule is O=CN1CCN(Cc2cccc(Br)c2)CC1. The summed E-state index contributed by atoms with van der Waals surface area (Å²) in [4.78, 5) is 14.8. The van der Waals surface area contributed by atoms with E-state index in [0.717, 1.165) is 43.6 Å². The van der Waals surface area contributed by atoms with Gasteiger partial charge in [0.05, 0.1) is 0 Å². The molecule has 86 valence electrons. The highest BCUT2D eigenvalue weighted by atomic mass is 79.9. The lowest BCUT2D eigenvalue weighted by Gasteiger charge is -2.32. The normalized spacial score (nSPS) is 17.4. The van der Waals surface area contributed by atoms with Crippen LogP contribution in [-0.4, -0.2) is 42.4 Å². The Kier molecular flexibility index (Phi) is 3.96. The molecule has 1 saturated heterocycles. The molecule has 1 aliphatic rings. The number of hydrogen-bond donors (Lipinski definition) is 0. The second kappa shape index (κ2) is 5.46. The van der Waals surface area contributed by atoms with Crippen LogP contribution >= 0.6 is 15.9 Å². The molecule has 1 heterocycles. The molecule has 3 nitrogen and oxygen atoms in total. The predicted molar refractivity (Wildman–Crippen MR) is 67.1 cm³/mol. The average molecular weight is 283 g/mol. The standard InChI is InChI=1S/C12H15BrN2O/c13-12-3-1-2-11(8-12)9-14-4-6-15(10-16)7-5-14/h1-3,8,10H,4-7,9H2. The maximum atomic E-state index is 10.6. The molecule has 2 rings (SSSR count). The van der Waals surface area contributed by atoms with E-state index in [1.54, 1.807) is 0 Å². The Hall–Kier alpha value is -0.870. The van der Waals surface area contributed by atoms with Gasteiger partial charge in [-0.25, -0.2) is 0 Å². The third-order valence-corrected chi connectivity index (χ3v) is 3.34. The summed E-state index contributed by atoms with van der Waals surface area (Å²) < 4.78 is 1.12. The summed E-state index contributed by atoms with van der Waals surface area (Å²) in [5.41, 5.74) is 1.31. The Morgan fingerprint density at radius 3 is 2.62 bits per heavy atom. The zero-order valence-corrected chi connectivity index (χ0v) is 10.7. The molecule has 4 heteroatoms.